The summed E-state index contributed by atoms with van der Waals surface area (Å²) in [5.41, 5.74) is 1.27. The monoisotopic (exact) mass is 229 g/mol. The SMILES string of the molecule is CC(NCC1CCNC1)c1ccc[nH]1.Cl. The number of halogens is 1. The quantitative estimate of drug-likeness (QED) is 0.736. The van der Waals surface area contributed by atoms with Gasteiger partial charge in [-0.3, -0.25) is 0 Å². The molecule has 2 atom stereocenters. The lowest BCUT2D eigenvalue weighted by molar-refractivity contribution is 0.465. The van der Waals surface area contributed by atoms with Crippen molar-refractivity contribution in [2.24, 2.45) is 5.92 Å². The third-order valence-corrected chi connectivity index (χ3v) is 2.96. The molecule has 0 aromatic carbocycles. The van der Waals surface area contributed by atoms with E-state index in [1.165, 1.54) is 25.2 Å². The Morgan fingerprint density at radius 1 is 1.60 bits per heavy atom. The first kappa shape index (κ1) is 12.6. The van der Waals surface area contributed by atoms with E-state index in [4.69, 9.17) is 0 Å². The van der Waals surface area contributed by atoms with Crippen molar-refractivity contribution in [3.8, 4) is 0 Å². The van der Waals surface area contributed by atoms with Crippen molar-refractivity contribution in [3.63, 3.8) is 0 Å². The second-order valence-corrected chi connectivity index (χ2v) is 4.11. The fourth-order valence-electron chi connectivity index (χ4n) is 1.96. The van der Waals surface area contributed by atoms with Gasteiger partial charge in [-0.1, -0.05) is 0 Å². The van der Waals surface area contributed by atoms with Crippen LogP contribution in [0.4, 0.5) is 0 Å². The largest absolute Gasteiger partial charge is 0.364 e. The maximum atomic E-state index is 3.56. The van der Waals surface area contributed by atoms with E-state index < -0.39 is 0 Å². The number of hydrogen-bond acceptors (Lipinski definition) is 2. The molecule has 1 aromatic heterocycles. The summed E-state index contributed by atoms with van der Waals surface area (Å²) < 4.78 is 0. The molecule has 0 bridgehead atoms. The van der Waals surface area contributed by atoms with E-state index in [1.54, 1.807) is 0 Å². The van der Waals surface area contributed by atoms with Crippen molar-refractivity contribution in [2.45, 2.75) is 19.4 Å². The molecule has 0 spiro atoms. The minimum atomic E-state index is 0. The minimum Gasteiger partial charge on any atom is -0.364 e. The van der Waals surface area contributed by atoms with Gasteiger partial charge in [-0.15, -0.1) is 12.4 Å². The minimum absolute atomic E-state index is 0. The zero-order chi connectivity index (χ0) is 9.80. The number of hydrogen-bond donors (Lipinski definition) is 3. The van der Waals surface area contributed by atoms with Crippen molar-refractivity contribution >= 4 is 12.4 Å². The molecule has 1 aliphatic heterocycles. The molecule has 0 saturated carbocycles. The van der Waals surface area contributed by atoms with Gasteiger partial charge in [0.25, 0.3) is 0 Å². The zero-order valence-electron chi connectivity index (χ0n) is 9.12. The van der Waals surface area contributed by atoms with E-state index in [0.717, 1.165) is 12.5 Å². The topological polar surface area (TPSA) is 39.8 Å². The Morgan fingerprint density at radius 2 is 2.47 bits per heavy atom. The van der Waals surface area contributed by atoms with Crippen LogP contribution in [-0.2, 0) is 0 Å². The summed E-state index contributed by atoms with van der Waals surface area (Å²) >= 11 is 0. The molecule has 2 unspecified atom stereocenters. The van der Waals surface area contributed by atoms with Gasteiger partial charge < -0.3 is 15.6 Å². The lowest BCUT2D eigenvalue weighted by Gasteiger charge is -2.15. The summed E-state index contributed by atoms with van der Waals surface area (Å²) in [6, 6.07) is 4.61. The first-order valence-corrected chi connectivity index (χ1v) is 5.43. The van der Waals surface area contributed by atoms with E-state index in [0.29, 0.717) is 6.04 Å². The first-order chi connectivity index (χ1) is 6.86. The second-order valence-electron chi connectivity index (χ2n) is 4.11. The standard InChI is InChI=1S/C11H19N3.ClH/c1-9(11-3-2-5-13-11)14-8-10-4-6-12-7-10;/h2-3,5,9-10,12-14H,4,6-8H2,1H3;1H. The van der Waals surface area contributed by atoms with Crippen LogP contribution in [0, 0.1) is 5.92 Å². The van der Waals surface area contributed by atoms with Crippen molar-refractivity contribution in [1.82, 2.24) is 15.6 Å². The van der Waals surface area contributed by atoms with Crippen molar-refractivity contribution in [3.05, 3.63) is 24.0 Å². The fourth-order valence-corrected chi connectivity index (χ4v) is 1.96. The van der Waals surface area contributed by atoms with Gasteiger partial charge in [-0.2, -0.15) is 0 Å². The van der Waals surface area contributed by atoms with Gasteiger partial charge in [0.1, 0.15) is 0 Å². The van der Waals surface area contributed by atoms with E-state index in [2.05, 4.69) is 28.6 Å². The molecule has 3 nitrogen and oxygen atoms in total. The van der Waals surface area contributed by atoms with Crippen LogP contribution in [0.3, 0.4) is 0 Å². The van der Waals surface area contributed by atoms with Crippen LogP contribution in [-0.4, -0.2) is 24.6 Å². The molecule has 1 aromatic rings. The summed E-state index contributed by atoms with van der Waals surface area (Å²) in [5, 5.41) is 6.94. The normalized spacial score (nSPS) is 22.3. The highest BCUT2D eigenvalue weighted by Gasteiger charge is 2.15. The Bertz CT molecular complexity index is 255. The highest BCUT2D eigenvalue weighted by Crippen LogP contribution is 2.11. The molecule has 2 heterocycles. The van der Waals surface area contributed by atoms with Gasteiger partial charge >= 0.3 is 0 Å². The third-order valence-electron chi connectivity index (χ3n) is 2.96. The average molecular weight is 230 g/mol. The molecular formula is C11H20ClN3. The lowest BCUT2D eigenvalue weighted by atomic mass is 10.1. The molecule has 0 amide bonds. The van der Waals surface area contributed by atoms with E-state index in [9.17, 15) is 0 Å². The van der Waals surface area contributed by atoms with Crippen molar-refractivity contribution in [2.75, 3.05) is 19.6 Å². The van der Waals surface area contributed by atoms with Gasteiger partial charge in [0, 0.05) is 17.9 Å². The summed E-state index contributed by atoms with van der Waals surface area (Å²) in [6.07, 6.45) is 3.29. The van der Waals surface area contributed by atoms with Crippen molar-refractivity contribution < 1.29 is 0 Å². The molecule has 1 aliphatic rings. The first-order valence-electron chi connectivity index (χ1n) is 5.43. The maximum Gasteiger partial charge on any atom is 0.0444 e. The highest BCUT2D eigenvalue weighted by atomic mass is 35.5. The van der Waals surface area contributed by atoms with Crippen LogP contribution >= 0.6 is 12.4 Å². The summed E-state index contributed by atoms with van der Waals surface area (Å²) in [5.74, 6) is 0.812. The van der Waals surface area contributed by atoms with Gasteiger partial charge in [0.05, 0.1) is 0 Å². The highest BCUT2D eigenvalue weighted by molar-refractivity contribution is 5.85. The predicted molar refractivity (Wildman–Crippen MR) is 65.4 cm³/mol. The number of nitrogens with one attached hydrogen (secondary N) is 3. The van der Waals surface area contributed by atoms with Crippen molar-refractivity contribution in [1.29, 1.82) is 0 Å². The zero-order valence-corrected chi connectivity index (χ0v) is 9.94. The summed E-state index contributed by atoms with van der Waals surface area (Å²) in [4.78, 5) is 3.23. The van der Waals surface area contributed by atoms with E-state index in [1.807, 2.05) is 12.3 Å². The molecule has 3 N–H and O–H groups in total. The molecule has 1 fully saturated rings. The van der Waals surface area contributed by atoms with Crippen LogP contribution in [0.5, 0.6) is 0 Å². The van der Waals surface area contributed by atoms with Crippen LogP contribution in [0.1, 0.15) is 25.1 Å². The Morgan fingerprint density at radius 3 is 3.07 bits per heavy atom. The summed E-state index contributed by atoms with van der Waals surface area (Å²) in [6.45, 7) is 5.68. The number of aromatic nitrogens is 1. The molecule has 15 heavy (non-hydrogen) atoms. The van der Waals surface area contributed by atoms with Gasteiger partial charge in [0.15, 0.2) is 0 Å². The molecule has 0 aliphatic carbocycles. The number of rotatable bonds is 4. The Kier molecular flexibility index (Phi) is 5.15. The fraction of sp³-hybridized carbons (Fsp3) is 0.636. The third kappa shape index (κ3) is 3.52. The number of aromatic amines is 1. The average Bonchev–Trinajstić information content (AvgIpc) is 2.87. The van der Waals surface area contributed by atoms with Gasteiger partial charge in [0.2, 0.25) is 0 Å². The van der Waals surface area contributed by atoms with Crippen LogP contribution < -0.4 is 10.6 Å². The van der Waals surface area contributed by atoms with E-state index >= 15 is 0 Å². The Labute approximate surface area is 97.4 Å². The Balaban J connectivity index is 0.00000112. The van der Waals surface area contributed by atoms with Gasteiger partial charge in [-0.05, 0) is 51.0 Å². The van der Waals surface area contributed by atoms with Crippen LogP contribution in [0.2, 0.25) is 0 Å². The molecule has 2 rings (SSSR count). The Hall–Kier alpha value is -0.510. The second kappa shape index (κ2) is 6.16. The molecule has 4 heteroatoms. The smallest absolute Gasteiger partial charge is 0.0444 e. The van der Waals surface area contributed by atoms with Crippen LogP contribution in [0.25, 0.3) is 0 Å². The summed E-state index contributed by atoms with van der Waals surface area (Å²) in [7, 11) is 0. The van der Waals surface area contributed by atoms with Crippen LogP contribution in [0.15, 0.2) is 18.3 Å². The number of H-pyrrole nitrogens is 1. The molecule has 0 radical (unpaired) electrons. The molecule has 86 valence electrons. The predicted octanol–water partition coefficient (Wildman–Crippen LogP) is 1.70. The van der Waals surface area contributed by atoms with E-state index in [-0.39, 0.29) is 12.4 Å². The van der Waals surface area contributed by atoms with Gasteiger partial charge in [-0.25, -0.2) is 0 Å². The maximum absolute atomic E-state index is 3.56. The lowest BCUT2D eigenvalue weighted by Crippen LogP contribution is -2.27. The molecule has 1 saturated heterocycles. The molecular weight excluding hydrogens is 210 g/mol.